The van der Waals surface area contributed by atoms with Crippen molar-refractivity contribution in [1.82, 2.24) is 5.32 Å². The van der Waals surface area contributed by atoms with Crippen LogP contribution in [0, 0.1) is 13.8 Å². The van der Waals surface area contributed by atoms with Crippen LogP contribution in [0.2, 0.25) is 0 Å². The van der Waals surface area contributed by atoms with Crippen molar-refractivity contribution < 1.29 is 14.3 Å². The average molecular weight is 355 g/mol. The molecule has 0 aliphatic carbocycles. The van der Waals surface area contributed by atoms with Gasteiger partial charge in [0.05, 0.1) is 13.2 Å². The lowest BCUT2D eigenvalue weighted by Gasteiger charge is -2.23. The van der Waals surface area contributed by atoms with Gasteiger partial charge in [-0.15, -0.1) is 0 Å². The molecule has 0 saturated heterocycles. The first-order valence-electron chi connectivity index (χ1n) is 9.17. The van der Waals surface area contributed by atoms with Crippen molar-refractivity contribution in [1.29, 1.82) is 0 Å². The van der Waals surface area contributed by atoms with Crippen molar-refractivity contribution in [3.8, 4) is 11.5 Å². The summed E-state index contributed by atoms with van der Waals surface area (Å²) in [6.45, 7) is 8.19. The summed E-state index contributed by atoms with van der Waals surface area (Å²) in [6.07, 6.45) is 0.832. The third-order valence-corrected chi connectivity index (χ3v) is 4.66. The van der Waals surface area contributed by atoms with Crippen molar-refractivity contribution in [2.75, 3.05) is 7.11 Å². The summed E-state index contributed by atoms with van der Waals surface area (Å²) < 4.78 is 11.2. The molecule has 1 N–H and O–H groups in total. The molecule has 2 aromatic rings. The highest BCUT2D eigenvalue weighted by Gasteiger charge is 2.23. The maximum Gasteiger partial charge on any atom is 0.261 e. The van der Waals surface area contributed by atoms with E-state index in [1.54, 1.807) is 7.11 Å². The zero-order valence-electron chi connectivity index (χ0n) is 16.3. The molecule has 0 unspecified atom stereocenters. The van der Waals surface area contributed by atoms with E-state index in [0.29, 0.717) is 17.9 Å². The lowest BCUT2D eigenvalue weighted by atomic mass is 9.99. The molecule has 0 spiro atoms. The van der Waals surface area contributed by atoms with E-state index in [-0.39, 0.29) is 11.9 Å². The van der Waals surface area contributed by atoms with E-state index in [2.05, 4.69) is 44.3 Å². The SMILES string of the molecule is CC[C@H](Oc1ccccc1OC)C(=O)N[C@@H](CC)c1ccc(C)c(C)c1. The largest absolute Gasteiger partial charge is 0.493 e. The number of carbonyl (C=O) groups excluding carboxylic acids is 1. The fraction of sp³-hybridized carbons (Fsp3) is 0.409. The quantitative estimate of drug-likeness (QED) is 0.744. The summed E-state index contributed by atoms with van der Waals surface area (Å²) in [5.74, 6) is 1.10. The monoisotopic (exact) mass is 355 g/mol. The predicted octanol–water partition coefficient (Wildman–Crippen LogP) is 4.74. The molecule has 2 aromatic carbocycles. The Labute approximate surface area is 156 Å². The van der Waals surface area contributed by atoms with Crippen LogP contribution in [0.25, 0.3) is 0 Å². The number of amides is 1. The van der Waals surface area contributed by atoms with Crippen molar-refractivity contribution in [2.45, 2.75) is 52.7 Å². The van der Waals surface area contributed by atoms with Crippen LogP contribution in [0.1, 0.15) is 49.4 Å². The second-order valence-electron chi connectivity index (χ2n) is 6.48. The average Bonchev–Trinajstić information content (AvgIpc) is 2.66. The zero-order chi connectivity index (χ0) is 19.1. The third-order valence-electron chi connectivity index (χ3n) is 4.66. The Morgan fingerprint density at radius 1 is 1.00 bits per heavy atom. The van der Waals surface area contributed by atoms with Crippen LogP contribution in [0.5, 0.6) is 11.5 Å². The molecule has 0 heterocycles. The number of aryl methyl sites for hydroxylation is 2. The van der Waals surface area contributed by atoms with E-state index in [1.165, 1.54) is 11.1 Å². The first kappa shape index (κ1) is 19.8. The van der Waals surface area contributed by atoms with Crippen molar-refractivity contribution in [3.05, 3.63) is 59.2 Å². The third kappa shape index (κ3) is 4.78. The Balaban J connectivity index is 2.12. The van der Waals surface area contributed by atoms with Gasteiger partial charge in [-0.1, -0.05) is 44.2 Å². The van der Waals surface area contributed by atoms with Gasteiger partial charge in [0.1, 0.15) is 0 Å². The highest BCUT2D eigenvalue weighted by Crippen LogP contribution is 2.28. The van der Waals surface area contributed by atoms with Gasteiger partial charge in [0, 0.05) is 0 Å². The molecule has 1 amide bonds. The zero-order valence-corrected chi connectivity index (χ0v) is 16.3. The molecule has 26 heavy (non-hydrogen) atoms. The van der Waals surface area contributed by atoms with Crippen LogP contribution in [0.4, 0.5) is 0 Å². The van der Waals surface area contributed by atoms with Crippen molar-refractivity contribution in [3.63, 3.8) is 0 Å². The van der Waals surface area contributed by atoms with Crippen LogP contribution in [-0.2, 0) is 4.79 Å². The van der Waals surface area contributed by atoms with Crippen LogP contribution in [0.3, 0.4) is 0 Å². The number of methoxy groups -OCH3 is 1. The molecular weight excluding hydrogens is 326 g/mol. The van der Waals surface area contributed by atoms with E-state index >= 15 is 0 Å². The van der Waals surface area contributed by atoms with Gasteiger partial charge < -0.3 is 14.8 Å². The molecule has 0 aliphatic rings. The first-order valence-corrected chi connectivity index (χ1v) is 9.17. The number of nitrogens with one attached hydrogen (secondary N) is 1. The van der Waals surface area contributed by atoms with Crippen molar-refractivity contribution in [2.24, 2.45) is 0 Å². The minimum absolute atomic E-state index is 0.0304. The Hall–Kier alpha value is -2.49. The topological polar surface area (TPSA) is 47.6 Å². The number of hydrogen-bond donors (Lipinski definition) is 1. The number of benzene rings is 2. The number of rotatable bonds is 8. The number of hydrogen-bond acceptors (Lipinski definition) is 3. The van der Waals surface area contributed by atoms with E-state index in [1.807, 2.05) is 31.2 Å². The van der Waals surface area contributed by atoms with Gasteiger partial charge in [-0.3, -0.25) is 4.79 Å². The van der Waals surface area contributed by atoms with Crippen LogP contribution in [0.15, 0.2) is 42.5 Å². The fourth-order valence-electron chi connectivity index (χ4n) is 2.86. The first-order chi connectivity index (χ1) is 12.5. The molecule has 0 radical (unpaired) electrons. The predicted molar refractivity (Wildman–Crippen MR) is 105 cm³/mol. The van der Waals surface area contributed by atoms with Gasteiger partial charge in [-0.25, -0.2) is 0 Å². The summed E-state index contributed by atoms with van der Waals surface area (Å²) in [5, 5.41) is 3.13. The summed E-state index contributed by atoms with van der Waals surface area (Å²) in [5.41, 5.74) is 3.60. The van der Waals surface area contributed by atoms with Gasteiger partial charge in [-0.2, -0.15) is 0 Å². The van der Waals surface area contributed by atoms with E-state index in [4.69, 9.17) is 9.47 Å². The normalized spacial score (nSPS) is 13.0. The minimum atomic E-state index is -0.563. The van der Waals surface area contributed by atoms with Gasteiger partial charge in [0.25, 0.3) is 5.91 Å². The Morgan fingerprint density at radius 2 is 1.69 bits per heavy atom. The fourth-order valence-corrected chi connectivity index (χ4v) is 2.86. The molecule has 2 atom stereocenters. The second-order valence-corrected chi connectivity index (χ2v) is 6.48. The lowest BCUT2D eigenvalue weighted by molar-refractivity contribution is -0.129. The number of para-hydroxylation sites is 2. The van der Waals surface area contributed by atoms with Gasteiger partial charge in [0.15, 0.2) is 17.6 Å². The lowest BCUT2D eigenvalue weighted by Crippen LogP contribution is -2.40. The molecular formula is C22H29NO3. The molecule has 0 aromatic heterocycles. The Morgan fingerprint density at radius 3 is 2.27 bits per heavy atom. The summed E-state index contributed by atoms with van der Waals surface area (Å²) in [6, 6.07) is 13.7. The maximum absolute atomic E-state index is 12.8. The molecule has 2 rings (SSSR count). The summed E-state index contributed by atoms with van der Waals surface area (Å²) in [7, 11) is 1.59. The highest BCUT2D eigenvalue weighted by molar-refractivity contribution is 5.81. The Kier molecular flexibility index (Phi) is 7.07. The van der Waals surface area contributed by atoms with E-state index in [0.717, 1.165) is 12.0 Å². The molecule has 0 saturated carbocycles. The molecule has 0 bridgehead atoms. The minimum Gasteiger partial charge on any atom is -0.493 e. The number of carbonyl (C=O) groups is 1. The molecule has 4 nitrogen and oxygen atoms in total. The standard InChI is InChI=1S/C22H29NO3/c1-6-18(17-13-12-15(3)16(4)14-17)23-22(24)19(7-2)26-21-11-9-8-10-20(21)25-5/h8-14,18-19H,6-7H2,1-5H3,(H,23,24)/t18-,19-/m0/s1. The molecule has 0 aliphatic heterocycles. The molecule has 0 fully saturated rings. The summed E-state index contributed by atoms with van der Waals surface area (Å²) >= 11 is 0. The second kappa shape index (κ2) is 9.27. The van der Waals surface area contributed by atoms with Gasteiger partial charge in [0.2, 0.25) is 0 Å². The van der Waals surface area contributed by atoms with Crippen LogP contribution < -0.4 is 14.8 Å². The maximum atomic E-state index is 12.8. The number of ether oxygens (including phenoxy) is 2. The van der Waals surface area contributed by atoms with Crippen LogP contribution in [-0.4, -0.2) is 19.1 Å². The summed E-state index contributed by atoms with van der Waals surface area (Å²) in [4.78, 5) is 12.8. The van der Waals surface area contributed by atoms with Gasteiger partial charge in [-0.05, 0) is 55.5 Å². The van der Waals surface area contributed by atoms with Crippen molar-refractivity contribution >= 4 is 5.91 Å². The highest BCUT2D eigenvalue weighted by atomic mass is 16.5. The smallest absolute Gasteiger partial charge is 0.261 e. The van der Waals surface area contributed by atoms with E-state index < -0.39 is 6.10 Å². The molecule has 140 valence electrons. The molecule has 4 heteroatoms. The Bertz CT molecular complexity index is 742. The van der Waals surface area contributed by atoms with Crippen LogP contribution >= 0.6 is 0 Å². The van der Waals surface area contributed by atoms with Gasteiger partial charge >= 0.3 is 0 Å². The van der Waals surface area contributed by atoms with E-state index in [9.17, 15) is 4.79 Å².